The summed E-state index contributed by atoms with van der Waals surface area (Å²) >= 11 is 12.4. The molecule has 2 unspecified atom stereocenters. The van der Waals surface area contributed by atoms with Crippen LogP contribution in [-0.4, -0.2) is 6.04 Å². The Kier molecular flexibility index (Phi) is 4.81. The first kappa shape index (κ1) is 15.2. The molecule has 0 radical (unpaired) electrons. The van der Waals surface area contributed by atoms with E-state index in [1.165, 1.54) is 25.7 Å². The van der Waals surface area contributed by atoms with Gasteiger partial charge in [-0.05, 0) is 43.2 Å². The van der Waals surface area contributed by atoms with Gasteiger partial charge in [0.25, 0.3) is 0 Å². The van der Waals surface area contributed by atoms with Crippen LogP contribution in [0.3, 0.4) is 0 Å². The lowest BCUT2D eigenvalue weighted by atomic mass is 9.75. The molecule has 0 spiro atoms. The van der Waals surface area contributed by atoms with Gasteiger partial charge in [0.05, 0.1) is 10.0 Å². The number of hydrogen-bond donors (Lipinski definition) is 1. The van der Waals surface area contributed by atoms with Crippen molar-refractivity contribution in [3.05, 3.63) is 33.8 Å². The van der Waals surface area contributed by atoms with Gasteiger partial charge in [0.2, 0.25) is 0 Å². The van der Waals surface area contributed by atoms with E-state index in [1.807, 2.05) is 12.1 Å². The summed E-state index contributed by atoms with van der Waals surface area (Å²) in [6.07, 6.45) is 5.12. The van der Waals surface area contributed by atoms with Crippen LogP contribution in [-0.2, 0) is 0 Å². The highest BCUT2D eigenvalue weighted by atomic mass is 35.5. The lowest BCUT2D eigenvalue weighted by molar-refractivity contribution is 0.191. The summed E-state index contributed by atoms with van der Waals surface area (Å²) in [6, 6.07) is 6.68. The lowest BCUT2D eigenvalue weighted by Crippen LogP contribution is -2.38. The molecule has 1 fully saturated rings. The molecule has 1 aliphatic carbocycles. The van der Waals surface area contributed by atoms with Crippen molar-refractivity contribution < 1.29 is 0 Å². The summed E-state index contributed by atoms with van der Waals surface area (Å²) in [5, 5.41) is 5.03. The van der Waals surface area contributed by atoms with E-state index < -0.39 is 0 Å². The molecule has 0 bridgehead atoms. The molecule has 2 rings (SSSR count). The third-order valence-corrected chi connectivity index (χ3v) is 4.97. The van der Waals surface area contributed by atoms with Crippen LogP contribution >= 0.6 is 23.2 Å². The van der Waals surface area contributed by atoms with Gasteiger partial charge in [-0.25, -0.2) is 0 Å². The Balaban J connectivity index is 2.04. The minimum absolute atomic E-state index is 0.241. The largest absolute Gasteiger partial charge is 0.307 e. The third-order valence-electron chi connectivity index (χ3n) is 4.14. The van der Waals surface area contributed by atoms with Gasteiger partial charge in [-0.15, -0.1) is 0 Å². The highest BCUT2D eigenvalue weighted by molar-refractivity contribution is 6.42. The highest BCUT2D eigenvalue weighted by Crippen LogP contribution is 2.37. The molecule has 19 heavy (non-hydrogen) atoms. The van der Waals surface area contributed by atoms with E-state index in [0.29, 0.717) is 21.5 Å². The summed E-state index contributed by atoms with van der Waals surface area (Å²) < 4.78 is 0. The number of halogens is 2. The van der Waals surface area contributed by atoms with Crippen LogP contribution in [0.2, 0.25) is 10.0 Å². The zero-order chi connectivity index (χ0) is 14.0. The molecule has 1 aromatic rings. The maximum absolute atomic E-state index is 6.29. The van der Waals surface area contributed by atoms with E-state index >= 15 is 0 Å². The van der Waals surface area contributed by atoms with Gasteiger partial charge in [-0.2, -0.15) is 0 Å². The molecule has 0 aliphatic heterocycles. The Morgan fingerprint density at radius 3 is 2.74 bits per heavy atom. The quantitative estimate of drug-likeness (QED) is 0.764. The fourth-order valence-electron chi connectivity index (χ4n) is 3.14. The van der Waals surface area contributed by atoms with E-state index in [1.54, 1.807) is 0 Å². The van der Waals surface area contributed by atoms with Crippen molar-refractivity contribution in [3.63, 3.8) is 0 Å². The predicted octanol–water partition coefficient (Wildman–Crippen LogP) is 5.61. The molecule has 2 atom stereocenters. The zero-order valence-electron chi connectivity index (χ0n) is 12.0. The Bertz CT molecular complexity index is 442. The second-order valence-corrected chi connectivity index (χ2v) is 7.27. The molecule has 3 heteroatoms. The van der Waals surface area contributed by atoms with Crippen molar-refractivity contribution in [1.29, 1.82) is 0 Å². The predicted molar refractivity (Wildman–Crippen MR) is 84.0 cm³/mol. The number of hydrogen-bond acceptors (Lipinski definition) is 1. The molecule has 0 saturated heterocycles. The maximum atomic E-state index is 6.29. The minimum atomic E-state index is 0.241. The van der Waals surface area contributed by atoms with Crippen LogP contribution < -0.4 is 5.32 Å². The van der Waals surface area contributed by atoms with Crippen molar-refractivity contribution >= 4 is 23.2 Å². The minimum Gasteiger partial charge on any atom is -0.307 e. The van der Waals surface area contributed by atoms with Gasteiger partial charge < -0.3 is 5.32 Å². The third kappa shape index (κ3) is 3.87. The SMILES string of the molecule is CC(NC1CCCC(C)(C)C1)c1cccc(Cl)c1Cl. The highest BCUT2D eigenvalue weighted by Gasteiger charge is 2.28. The molecule has 106 valence electrons. The van der Waals surface area contributed by atoms with Gasteiger partial charge in [0.1, 0.15) is 0 Å². The number of nitrogens with one attached hydrogen (secondary N) is 1. The van der Waals surface area contributed by atoms with Gasteiger partial charge in [0.15, 0.2) is 0 Å². The molecule has 1 saturated carbocycles. The van der Waals surface area contributed by atoms with Crippen molar-refractivity contribution in [3.8, 4) is 0 Å². The van der Waals surface area contributed by atoms with E-state index in [-0.39, 0.29) is 6.04 Å². The molecular weight excluding hydrogens is 277 g/mol. The molecule has 1 aromatic carbocycles. The molecular formula is C16H23Cl2N. The van der Waals surface area contributed by atoms with E-state index in [9.17, 15) is 0 Å². The van der Waals surface area contributed by atoms with Crippen molar-refractivity contribution in [2.75, 3.05) is 0 Å². The summed E-state index contributed by atoms with van der Waals surface area (Å²) in [6.45, 7) is 6.88. The summed E-state index contributed by atoms with van der Waals surface area (Å²) in [5.74, 6) is 0. The first-order valence-electron chi connectivity index (χ1n) is 7.09. The lowest BCUT2D eigenvalue weighted by Gasteiger charge is -2.37. The normalized spacial score (nSPS) is 24.2. The average Bonchev–Trinajstić information content (AvgIpc) is 2.31. The van der Waals surface area contributed by atoms with Gasteiger partial charge >= 0.3 is 0 Å². The van der Waals surface area contributed by atoms with Crippen LogP contribution in [0, 0.1) is 5.41 Å². The van der Waals surface area contributed by atoms with Crippen molar-refractivity contribution in [2.45, 2.75) is 58.5 Å². The Hall–Kier alpha value is -0.240. The van der Waals surface area contributed by atoms with Crippen molar-refractivity contribution in [2.24, 2.45) is 5.41 Å². The fourth-order valence-corrected chi connectivity index (χ4v) is 3.61. The first-order valence-corrected chi connectivity index (χ1v) is 7.84. The monoisotopic (exact) mass is 299 g/mol. The Morgan fingerprint density at radius 1 is 1.32 bits per heavy atom. The number of rotatable bonds is 3. The fraction of sp³-hybridized carbons (Fsp3) is 0.625. The number of benzene rings is 1. The molecule has 0 heterocycles. The van der Waals surface area contributed by atoms with Gasteiger partial charge in [-0.1, -0.05) is 55.6 Å². The topological polar surface area (TPSA) is 12.0 Å². The van der Waals surface area contributed by atoms with Crippen LogP contribution in [0.1, 0.15) is 58.1 Å². The smallest absolute Gasteiger partial charge is 0.0639 e. The maximum Gasteiger partial charge on any atom is 0.0639 e. The van der Waals surface area contributed by atoms with Crippen LogP contribution in [0.25, 0.3) is 0 Å². The Labute approximate surface area is 126 Å². The van der Waals surface area contributed by atoms with Crippen LogP contribution in [0.5, 0.6) is 0 Å². The first-order chi connectivity index (χ1) is 8.89. The zero-order valence-corrected chi connectivity index (χ0v) is 13.5. The summed E-state index contributed by atoms with van der Waals surface area (Å²) in [4.78, 5) is 0. The van der Waals surface area contributed by atoms with E-state index in [4.69, 9.17) is 23.2 Å². The molecule has 1 N–H and O–H groups in total. The second-order valence-electron chi connectivity index (χ2n) is 6.49. The van der Waals surface area contributed by atoms with Gasteiger partial charge in [0, 0.05) is 12.1 Å². The van der Waals surface area contributed by atoms with Crippen LogP contribution in [0.4, 0.5) is 0 Å². The summed E-state index contributed by atoms with van der Waals surface area (Å²) in [5.41, 5.74) is 1.55. The van der Waals surface area contributed by atoms with E-state index in [0.717, 1.165) is 5.56 Å². The average molecular weight is 300 g/mol. The van der Waals surface area contributed by atoms with Gasteiger partial charge in [-0.3, -0.25) is 0 Å². The molecule has 1 aliphatic rings. The van der Waals surface area contributed by atoms with E-state index in [2.05, 4.69) is 32.2 Å². The van der Waals surface area contributed by atoms with Crippen molar-refractivity contribution in [1.82, 2.24) is 5.32 Å². The molecule has 0 amide bonds. The van der Waals surface area contributed by atoms with Crippen LogP contribution in [0.15, 0.2) is 18.2 Å². The molecule has 0 aromatic heterocycles. The standard InChI is InChI=1S/C16H23Cl2N/c1-11(13-7-4-8-14(17)15(13)18)19-12-6-5-9-16(2,3)10-12/h4,7-8,11-12,19H,5-6,9-10H2,1-3H3. The summed E-state index contributed by atoms with van der Waals surface area (Å²) in [7, 11) is 0. The second kappa shape index (κ2) is 6.03. The molecule has 1 nitrogen and oxygen atoms in total. The Morgan fingerprint density at radius 2 is 2.05 bits per heavy atom.